The molecular formula is C8H11N3S. The van der Waals surface area contributed by atoms with Gasteiger partial charge in [0, 0.05) is 17.6 Å². The number of thiazole rings is 1. The fourth-order valence-corrected chi connectivity index (χ4v) is 1.56. The van der Waals surface area contributed by atoms with Crippen LogP contribution in [-0.2, 0) is 6.54 Å². The maximum atomic E-state index is 8.49. The molecule has 3 nitrogen and oxygen atoms in total. The highest BCUT2D eigenvalue weighted by molar-refractivity contribution is 7.09. The van der Waals surface area contributed by atoms with Crippen LogP contribution in [0.2, 0.25) is 0 Å². The Hall–Kier alpha value is -0.920. The summed E-state index contributed by atoms with van der Waals surface area (Å²) >= 11 is 1.63. The van der Waals surface area contributed by atoms with Gasteiger partial charge < -0.3 is 0 Å². The predicted molar refractivity (Wildman–Crippen MR) is 48.7 cm³/mol. The average Bonchev–Trinajstić information content (AvgIpc) is 2.56. The van der Waals surface area contributed by atoms with E-state index in [9.17, 15) is 0 Å². The van der Waals surface area contributed by atoms with Crippen molar-refractivity contribution in [2.24, 2.45) is 0 Å². The van der Waals surface area contributed by atoms with Crippen molar-refractivity contribution in [2.75, 3.05) is 13.1 Å². The van der Waals surface area contributed by atoms with Gasteiger partial charge in [-0.25, -0.2) is 0 Å². The standard InChI is InChI=1S/C8H11N3S/c1-2-11(4-3-9)6-8-5-10-7-12-8/h5,7H,2,4,6H2,1H3. The zero-order chi connectivity index (χ0) is 8.81. The number of hydrogen-bond acceptors (Lipinski definition) is 4. The van der Waals surface area contributed by atoms with E-state index in [1.165, 1.54) is 4.88 Å². The van der Waals surface area contributed by atoms with Gasteiger partial charge in [0.15, 0.2) is 0 Å². The Balaban J connectivity index is 2.44. The largest absolute Gasteiger partial charge is 0.286 e. The highest BCUT2D eigenvalue weighted by Crippen LogP contribution is 2.08. The third kappa shape index (κ3) is 2.61. The monoisotopic (exact) mass is 181 g/mol. The summed E-state index contributed by atoms with van der Waals surface area (Å²) in [5, 5.41) is 8.49. The average molecular weight is 181 g/mol. The molecule has 1 aromatic heterocycles. The van der Waals surface area contributed by atoms with Crippen LogP contribution in [0.4, 0.5) is 0 Å². The fraction of sp³-hybridized carbons (Fsp3) is 0.500. The molecule has 0 aliphatic heterocycles. The molecule has 12 heavy (non-hydrogen) atoms. The van der Waals surface area contributed by atoms with E-state index in [2.05, 4.69) is 22.9 Å². The molecule has 0 atom stereocenters. The second-order valence-electron chi connectivity index (χ2n) is 2.43. The zero-order valence-electron chi connectivity index (χ0n) is 7.03. The van der Waals surface area contributed by atoms with Crippen molar-refractivity contribution in [3.8, 4) is 6.07 Å². The van der Waals surface area contributed by atoms with Crippen molar-refractivity contribution in [3.05, 3.63) is 16.6 Å². The van der Waals surface area contributed by atoms with Crippen LogP contribution in [0.1, 0.15) is 11.8 Å². The lowest BCUT2D eigenvalue weighted by Crippen LogP contribution is -2.22. The summed E-state index contributed by atoms with van der Waals surface area (Å²) in [6, 6.07) is 2.14. The first-order valence-corrected chi connectivity index (χ1v) is 4.71. The third-order valence-corrected chi connectivity index (χ3v) is 2.37. The molecule has 0 aliphatic carbocycles. The van der Waals surface area contributed by atoms with Crippen molar-refractivity contribution < 1.29 is 0 Å². The molecule has 0 unspecified atom stereocenters. The van der Waals surface area contributed by atoms with Gasteiger partial charge >= 0.3 is 0 Å². The zero-order valence-corrected chi connectivity index (χ0v) is 7.84. The van der Waals surface area contributed by atoms with E-state index in [1.807, 2.05) is 11.7 Å². The molecule has 4 heteroatoms. The van der Waals surface area contributed by atoms with Gasteiger partial charge in [-0.2, -0.15) is 5.26 Å². The summed E-state index contributed by atoms with van der Waals surface area (Å²) in [5.41, 5.74) is 1.82. The first kappa shape index (κ1) is 9.17. The van der Waals surface area contributed by atoms with Crippen LogP contribution in [0.3, 0.4) is 0 Å². The number of aromatic nitrogens is 1. The second-order valence-corrected chi connectivity index (χ2v) is 3.40. The van der Waals surface area contributed by atoms with Crippen LogP contribution in [0.25, 0.3) is 0 Å². The molecule has 0 saturated heterocycles. The second kappa shape index (κ2) is 4.86. The summed E-state index contributed by atoms with van der Waals surface area (Å²) in [7, 11) is 0. The van der Waals surface area contributed by atoms with E-state index in [0.29, 0.717) is 6.54 Å². The molecule has 1 aromatic rings. The Kier molecular flexibility index (Phi) is 3.71. The van der Waals surface area contributed by atoms with Gasteiger partial charge in [0.1, 0.15) is 0 Å². The lowest BCUT2D eigenvalue weighted by Gasteiger charge is -2.14. The van der Waals surface area contributed by atoms with Gasteiger partial charge in [0.2, 0.25) is 0 Å². The topological polar surface area (TPSA) is 39.9 Å². The SMILES string of the molecule is CCN(CC#N)Cc1cncs1. The minimum absolute atomic E-state index is 0.494. The molecule has 1 heterocycles. The first-order valence-electron chi connectivity index (χ1n) is 3.83. The molecule has 0 amide bonds. The number of nitrogens with zero attached hydrogens (tertiary/aromatic N) is 3. The van der Waals surface area contributed by atoms with Crippen LogP contribution in [0, 0.1) is 11.3 Å². The Morgan fingerprint density at radius 2 is 2.58 bits per heavy atom. The maximum Gasteiger partial charge on any atom is 0.0869 e. The molecular weight excluding hydrogens is 170 g/mol. The quantitative estimate of drug-likeness (QED) is 0.661. The van der Waals surface area contributed by atoms with Crippen LogP contribution in [0.5, 0.6) is 0 Å². The van der Waals surface area contributed by atoms with E-state index in [1.54, 1.807) is 11.3 Å². The summed E-state index contributed by atoms with van der Waals surface area (Å²) in [4.78, 5) is 7.27. The van der Waals surface area contributed by atoms with E-state index >= 15 is 0 Å². The van der Waals surface area contributed by atoms with Gasteiger partial charge in [0.25, 0.3) is 0 Å². The first-order chi connectivity index (χ1) is 5.86. The number of nitriles is 1. The van der Waals surface area contributed by atoms with Gasteiger partial charge in [-0.1, -0.05) is 6.92 Å². The molecule has 0 radical (unpaired) electrons. The summed E-state index contributed by atoms with van der Waals surface area (Å²) < 4.78 is 0. The van der Waals surface area contributed by atoms with Gasteiger partial charge in [0.05, 0.1) is 18.1 Å². The lowest BCUT2D eigenvalue weighted by molar-refractivity contribution is 0.317. The Morgan fingerprint density at radius 3 is 3.08 bits per heavy atom. The number of hydrogen-bond donors (Lipinski definition) is 0. The fourth-order valence-electron chi connectivity index (χ4n) is 0.920. The predicted octanol–water partition coefficient (Wildman–Crippen LogP) is 1.49. The van der Waals surface area contributed by atoms with E-state index < -0.39 is 0 Å². The van der Waals surface area contributed by atoms with Crippen molar-refractivity contribution in [3.63, 3.8) is 0 Å². The molecule has 64 valence electrons. The summed E-state index contributed by atoms with van der Waals surface area (Å²) in [5.74, 6) is 0. The highest BCUT2D eigenvalue weighted by Gasteiger charge is 2.02. The van der Waals surface area contributed by atoms with E-state index in [0.717, 1.165) is 13.1 Å². The van der Waals surface area contributed by atoms with Crippen molar-refractivity contribution in [1.82, 2.24) is 9.88 Å². The van der Waals surface area contributed by atoms with Crippen LogP contribution < -0.4 is 0 Å². The van der Waals surface area contributed by atoms with Crippen LogP contribution >= 0.6 is 11.3 Å². The number of rotatable bonds is 4. The van der Waals surface area contributed by atoms with Crippen molar-refractivity contribution >= 4 is 11.3 Å². The highest BCUT2D eigenvalue weighted by atomic mass is 32.1. The van der Waals surface area contributed by atoms with Gasteiger partial charge in [-0.05, 0) is 6.54 Å². The molecule has 0 spiro atoms. The molecule has 0 fully saturated rings. The van der Waals surface area contributed by atoms with Crippen LogP contribution in [-0.4, -0.2) is 23.0 Å². The normalized spacial score (nSPS) is 10.1. The minimum atomic E-state index is 0.494. The minimum Gasteiger partial charge on any atom is -0.286 e. The Labute approximate surface area is 76.3 Å². The van der Waals surface area contributed by atoms with E-state index in [-0.39, 0.29) is 0 Å². The molecule has 0 aliphatic rings. The van der Waals surface area contributed by atoms with Crippen LogP contribution in [0.15, 0.2) is 11.7 Å². The lowest BCUT2D eigenvalue weighted by atomic mass is 10.4. The third-order valence-electron chi connectivity index (χ3n) is 1.60. The maximum absolute atomic E-state index is 8.49. The van der Waals surface area contributed by atoms with Crippen molar-refractivity contribution in [2.45, 2.75) is 13.5 Å². The van der Waals surface area contributed by atoms with E-state index in [4.69, 9.17) is 5.26 Å². The molecule has 0 saturated carbocycles. The Morgan fingerprint density at radius 1 is 1.75 bits per heavy atom. The van der Waals surface area contributed by atoms with Gasteiger partial charge in [-0.3, -0.25) is 9.88 Å². The Bertz CT molecular complexity index is 250. The molecule has 0 N–H and O–H groups in total. The van der Waals surface area contributed by atoms with Gasteiger partial charge in [-0.15, -0.1) is 11.3 Å². The molecule has 1 rings (SSSR count). The summed E-state index contributed by atoms with van der Waals surface area (Å²) in [6.45, 7) is 4.30. The molecule has 0 bridgehead atoms. The van der Waals surface area contributed by atoms with Crippen molar-refractivity contribution in [1.29, 1.82) is 5.26 Å². The summed E-state index contributed by atoms with van der Waals surface area (Å²) in [6.07, 6.45) is 1.85. The smallest absolute Gasteiger partial charge is 0.0869 e. The molecule has 0 aromatic carbocycles.